The van der Waals surface area contributed by atoms with Gasteiger partial charge in [-0.25, -0.2) is 0 Å². The number of thioether (sulfide) groups is 1. The van der Waals surface area contributed by atoms with Crippen molar-refractivity contribution < 1.29 is 4.79 Å². The second kappa shape index (κ2) is 6.53. The maximum absolute atomic E-state index is 11.4. The molecular formula is C12H18N2OS. The average Bonchev–Trinajstić information content (AvgIpc) is 2.35. The Labute approximate surface area is 101 Å². The third kappa shape index (κ3) is 3.52. The fourth-order valence-electron chi connectivity index (χ4n) is 1.32. The maximum atomic E-state index is 11.4. The minimum Gasteiger partial charge on any atom is -0.373 e. The van der Waals surface area contributed by atoms with Gasteiger partial charge in [0, 0.05) is 25.8 Å². The van der Waals surface area contributed by atoms with Crippen LogP contribution in [0.5, 0.6) is 0 Å². The third-order valence-electron chi connectivity index (χ3n) is 2.43. The van der Waals surface area contributed by atoms with Crippen LogP contribution in [-0.4, -0.2) is 36.4 Å². The predicted molar refractivity (Wildman–Crippen MR) is 70.5 cm³/mol. The molecule has 16 heavy (non-hydrogen) atoms. The maximum Gasteiger partial charge on any atom is 0.180 e. The number of nitrogens with zero attached hydrogens (tertiary/aromatic N) is 2. The van der Waals surface area contributed by atoms with Crippen molar-refractivity contribution in [3.05, 3.63) is 24.0 Å². The lowest BCUT2D eigenvalue weighted by molar-refractivity contribution is 0.0983. The Morgan fingerprint density at radius 3 is 2.75 bits per heavy atom. The first-order chi connectivity index (χ1) is 7.69. The van der Waals surface area contributed by atoms with Crippen LogP contribution in [0.2, 0.25) is 0 Å². The molecule has 0 aliphatic heterocycles. The molecule has 0 bridgehead atoms. The highest BCUT2D eigenvalue weighted by Crippen LogP contribution is 2.12. The number of anilines is 1. The van der Waals surface area contributed by atoms with E-state index in [0.29, 0.717) is 12.1 Å². The highest BCUT2D eigenvalue weighted by Gasteiger charge is 2.05. The van der Waals surface area contributed by atoms with Crippen molar-refractivity contribution in [1.82, 2.24) is 4.98 Å². The van der Waals surface area contributed by atoms with Crippen LogP contribution in [0.25, 0.3) is 0 Å². The van der Waals surface area contributed by atoms with Crippen molar-refractivity contribution in [2.75, 3.05) is 30.5 Å². The second-order valence-corrected chi connectivity index (χ2v) is 4.58. The molecule has 0 N–H and O–H groups in total. The number of aromatic nitrogens is 1. The van der Waals surface area contributed by atoms with Crippen molar-refractivity contribution in [3.8, 4) is 0 Å². The Bertz CT molecular complexity index is 337. The number of Topliss-reactive ketones (excluding diaryl/α,β-unsaturated/α-hetero) is 1. The molecule has 0 saturated carbocycles. The van der Waals surface area contributed by atoms with E-state index in [2.05, 4.69) is 16.1 Å². The summed E-state index contributed by atoms with van der Waals surface area (Å²) in [5.41, 5.74) is 1.62. The van der Waals surface area contributed by atoms with E-state index in [1.165, 1.54) is 0 Å². The zero-order valence-electron chi connectivity index (χ0n) is 10.1. The van der Waals surface area contributed by atoms with Gasteiger partial charge >= 0.3 is 0 Å². The summed E-state index contributed by atoms with van der Waals surface area (Å²) in [7, 11) is 2.04. The van der Waals surface area contributed by atoms with Crippen molar-refractivity contribution in [2.45, 2.75) is 13.3 Å². The van der Waals surface area contributed by atoms with Crippen LogP contribution in [0.1, 0.15) is 23.8 Å². The summed E-state index contributed by atoms with van der Waals surface area (Å²) in [6.07, 6.45) is 4.37. The molecule has 1 aromatic rings. The van der Waals surface area contributed by atoms with E-state index in [0.717, 1.165) is 18.0 Å². The molecule has 1 rings (SSSR count). The fraction of sp³-hybridized carbons (Fsp3) is 0.500. The molecular weight excluding hydrogens is 220 g/mol. The number of carbonyl (C=O) groups excluding carboxylic acids is 1. The molecule has 0 aliphatic carbocycles. The smallest absolute Gasteiger partial charge is 0.180 e. The van der Waals surface area contributed by atoms with Crippen molar-refractivity contribution in [3.63, 3.8) is 0 Å². The standard InChI is InChI=1S/C12H18N2OS/c1-4-12(15)11-6-5-10(9-13-11)14(2)7-8-16-3/h5-6,9H,4,7-8H2,1-3H3. The van der Waals surface area contributed by atoms with Gasteiger partial charge in [0.1, 0.15) is 5.69 Å². The summed E-state index contributed by atoms with van der Waals surface area (Å²) >= 11 is 1.82. The van der Waals surface area contributed by atoms with E-state index in [1.54, 1.807) is 12.3 Å². The topological polar surface area (TPSA) is 33.2 Å². The Hall–Kier alpha value is -1.03. The van der Waals surface area contributed by atoms with Crippen LogP contribution in [0.3, 0.4) is 0 Å². The molecule has 0 aromatic carbocycles. The van der Waals surface area contributed by atoms with Crippen molar-refractivity contribution >= 4 is 23.2 Å². The molecule has 3 nitrogen and oxygen atoms in total. The molecule has 1 aromatic heterocycles. The molecule has 0 amide bonds. The molecule has 0 fully saturated rings. The van der Waals surface area contributed by atoms with Gasteiger partial charge in [0.15, 0.2) is 5.78 Å². The zero-order chi connectivity index (χ0) is 12.0. The molecule has 88 valence electrons. The largest absolute Gasteiger partial charge is 0.373 e. The van der Waals surface area contributed by atoms with Crippen LogP contribution in [-0.2, 0) is 0 Å². The van der Waals surface area contributed by atoms with Gasteiger partial charge in [-0.3, -0.25) is 9.78 Å². The number of hydrogen-bond donors (Lipinski definition) is 0. The summed E-state index contributed by atoms with van der Waals surface area (Å²) in [5.74, 6) is 1.19. The molecule has 4 heteroatoms. The first-order valence-corrected chi connectivity index (χ1v) is 6.77. The normalized spacial score (nSPS) is 10.2. The molecule has 0 atom stereocenters. The first-order valence-electron chi connectivity index (χ1n) is 5.38. The van der Waals surface area contributed by atoms with Gasteiger partial charge in [-0.2, -0.15) is 11.8 Å². The molecule has 0 spiro atoms. The number of carbonyl (C=O) groups is 1. The number of ketones is 1. The van der Waals surface area contributed by atoms with E-state index in [9.17, 15) is 4.79 Å². The van der Waals surface area contributed by atoms with Gasteiger partial charge in [0.2, 0.25) is 0 Å². The lowest BCUT2D eigenvalue weighted by Gasteiger charge is -2.18. The van der Waals surface area contributed by atoms with E-state index in [1.807, 2.05) is 31.8 Å². The molecule has 0 saturated heterocycles. The van der Waals surface area contributed by atoms with Gasteiger partial charge in [-0.1, -0.05) is 6.92 Å². The van der Waals surface area contributed by atoms with Crippen molar-refractivity contribution in [2.24, 2.45) is 0 Å². The number of hydrogen-bond acceptors (Lipinski definition) is 4. The molecule has 0 aliphatic rings. The van der Waals surface area contributed by atoms with Crippen LogP contribution in [0.4, 0.5) is 5.69 Å². The monoisotopic (exact) mass is 238 g/mol. The number of pyridine rings is 1. The third-order valence-corrected chi connectivity index (χ3v) is 3.02. The Balaban J connectivity index is 2.67. The van der Waals surface area contributed by atoms with Crippen LogP contribution in [0, 0.1) is 0 Å². The van der Waals surface area contributed by atoms with Crippen LogP contribution in [0.15, 0.2) is 18.3 Å². The highest BCUT2D eigenvalue weighted by atomic mass is 32.2. The van der Waals surface area contributed by atoms with Crippen molar-refractivity contribution in [1.29, 1.82) is 0 Å². The van der Waals surface area contributed by atoms with Gasteiger partial charge in [0.25, 0.3) is 0 Å². The Kier molecular flexibility index (Phi) is 5.32. The summed E-state index contributed by atoms with van der Waals surface area (Å²) in [6, 6.07) is 3.76. The zero-order valence-corrected chi connectivity index (χ0v) is 10.9. The van der Waals surface area contributed by atoms with E-state index >= 15 is 0 Å². The SMILES string of the molecule is CCC(=O)c1ccc(N(C)CCSC)cn1. The minimum absolute atomic E-state index is 0.0957. The molecule has 0 radical (unpaired) electrons. The summed E-state index contributed by atoms with van der Waals surface area (Å²) in [4.78, 5) is 17.7. The van der Waals surface area contributed by atoms with Gasteiger partial charge in [-0.05, 0) is 18.4 Å². The van der Waals surface area contributed by atoms with Gasteiger partial charge in [-0.15, -0.1) is 0 Å². The predicted octanol–water partition coefficient (Wildman–Crippen LogP) is 2.47. The van der Waals surface area contributed by atoms with E-state index < -0.39 is 0 Å². The summed E-state index contributed by atoms with van der Waals surface area (Å²) in [5, 5.41) is 0. The highest BCUT2D eigenvalue weighted by molar-refractivity contribution is 7.98. The summed E-state index contributed by atoms with van der Waals surface area (Å²) < 4.78 is 0. The second-order valence-electron chi connectivity index (χ2n) is 3.59. The van der Waals surface area contributed by atoms with Gasteiger partial charge in [0.05, 0.1) is 11.9 Å². The summed E-state index contributed by atoms with van der Waals surface area (Å²) in [6.45, 7) is 2.84. The number of rotatable bonds is 6. The first kappa shape index (κ1) is 13.0. The van der Waals surface area contributed by atoms with Gasteiger partial charge < -0.3 is 4.90 Å². The molecule has 0 unspecified atom stereocenters. The molecule has 1 heterocycles. The van der Waals surface area contributed by atoms with Crippen LogP contribution < -0.4 is 4.90 Å². The lowest BCUT2D eigenvalue weighted by atomic mass is 10.2. The quantitative estimate of drug-likeness (QED) is 0.713. The average molecular weight is 238 g/mol. The fourth-order valence-corrected chi connectivity index (χ4v) is 1.77. The van der Waals surface area contributed by atoms with Crippen LogP contribution >= 0.6 is 11.8 Å². The lowest BCUT2D eigenvalue weighted by Crippen LogP contribution is -2.20. The minimum atomic E-state index is 0.0957. The van der Waals surface area contributed by atoms with E-state index in [-0.39, 0.29) is 5.78 Å². The van der Waals surface area contributed by atoms with E-state index in [4.69, 9.17) is 0 Å². The Morgan fingerprint density at radius 1 is 1.50 bits per heavy atom. The Morgan fingerprint density at radius 2 is 2.25 bits per heavy atom.